The Morgan fingerprint density at radius 3 is 2.75 bits per heavy atom. The highest BCUT2D eigenvalue weighted by Gasteiger charge is 2.36. The molecule has 4 heteroatoms. The second-order valence-corrected chi connectivity index (χ2v) is 7.26. The number of aromatic nitrogens is 1. The van der Waals surface area contributed by atoms with Gasteiger partial charge in [-0.25, -0.2) is 4.98 Å². The molecule has 4 rings (SSSR count). The summed E-state index contributed by atoms with van der Waals surface area (Å²) in [5.41, 5.74) is 7.80. The summed E-state index contributed by atoms with van der Waals surface area (Å²) in [4.78, 5) is 7.50. The van der Waals surface area contributed by atoms with Crippen molar-refractivity contribution in [2.75, 3.05) is 18.8 Å². The van der Waals surface area contributed by atoms with E-state index in [9.17, 15) is 0 Å². The van der Waals surface area contributed by atoms with E-state index in [1.54, 1.807) is 0 Å². The van der Waals surface area contributed by atoms with Crippen molar-refractivity contribution in [3.63, 3.8) is 0 Å². The van der Waals surface area contributed by atoms with Gasteiger partial charge in [-0.1, -0.05) is 6.42 Å². The summed E-state index contributed by atoms with van der Waals surface area (Å²) in [6, 6.07) is 6.86. The van der Waals surface area contributed by atoms with E-state index in [4.69, 9.17) is 10.7 Å². The van der Waals surface area contributed by atoms with Crippen LogP contribution < -0.4 is 5.73 Å². The van der Waals surface area contributed by atoms with Crippen LogP contribution in [-0.2, 0) is 0 Å². The summed E-state index contributed by atoms with van der Waals surface area (Å²) in [6.07, 6.45) is 6.81. The van der Waals surface area contributed by atoms with Gasteiger partial charge in [0.2, 0.25) is 0 Å². The molecule has 1 aromatic carbocycles. The normalized spacial score (nSPS) is 27.6. The predicted octanol–water partition coefficient (Wildman–Crippen LogP) is 3.61. The summed E-state index contributed by atoms with van der Waals surface area (Å²) >= 11 is 1.83. The Labute approximate surface area is 123 Å². The minimum Gasteiger partial charge on any atom is -0.399 e. The number of piperidine rings is 1. The molecule has 2 N–H and O–H groups in total. The van der Waals surface area contributed by atoms with Crippen LogP contribution in [0.5, 0.6) is 0 Å². The third-order valence-corrected chi connectivity index (χ3v) is 5.98. The molecule has 0 bridgehead atoms. The molecule has 2 heterocycles. The first-order valence-corrected chi connectivity index (χ1v) is 8.51. The third-order valence-electron chi connectivity index (χ3n) is 4.80. The maximum Gasteiger partial charge on any atom is 0.0970 e. The molecule has 20 heavy (non-hydrogen) atoms. The number of nitrogens with zero attached hydrogens (tertiary/aromatic N) is 2. The molecule has 2 fully saturated rings. The van der Waals surface area contributed by atoms with Crippen LogP contribution in [0.2, 0.25) is 0 Å². The van der Waals surface area contributed by atoms with Crippen molar-refractivity contribution in [2.24, 2.45) is 0 Å². The Morgan fingerprint density at radius 1 is 1.15 bits per heavy atom. The minimum atomic E-state index is 0.681. The van der Waals surface area contributed by atoms with Crippen molar-refractivity contribution in [1.82, 2.24) is 9.88 Å². The van der Waals surface area contributed by atoms with E-state index in [1.807, 2.05) is 23.5 Å². The average molecular weight is 287 g/mol. The van der Waals surface area contributed by atoms with Crippen LogP contribution in [0.15, 0.2) is 18.2 Å². The lowest BCUT2D eigenvalue weighted by Gasteiger charge is -2.43. The van der Waals surface area contributed by atoms with E-state index in [1.165, 1.54) is 54.9 Å². The molecule has 106 valence electrons. The van der Waals surface area contributed by atoms with Crippen molar-refractivity contribution >= 4 is 27.2 Å². The summed E-state index contributed by atoms with van der Waals surface area (Å²) in [7, 11) is 0. The average Bonchev–Trinajstić information content (AvgIpc) is 2.80. The lowest BCUT2D eigenvalue weighted by Crippen LogP contribution is -2.46. The molecule has 2 aromatic rings. The number of nitrogen functional groups attached to an aromatic ring is 1. The van der Waals surface area contributed by atoms with Gasteiger partial charge in [-0.05, 0) is 57.0 Å². The summed E-state index contributed by atoms with van der Waals surface area (Å²) < 4.78 is 1.24. The van der Waals surface area contributed by atoms with Gasteiger partial charge in [0.1, 0.15) is 0 Å². The number of hydrogen-bond acceptors (Lipinski definition) is 4. The molecule has 3 nitrogen and oxygen atoms in total. The molecule has 1 saturated heterocycles. The summed E-state index contributed by atoms with van der Waals surface area (Å²) in [6.45, 7) is 2.63. The van der Waals surface area contributed by atoms with Crippen LogP contribution in [0.25, 0.3) is 10.2 Å². The van der Waals surface area contributed by atoms with Gasteiger partial charge in [0.15, 0.2) is 0 Å². The van der Waals surface area contributed by atoms with Gasteiger partial charge in [0.05, 0.1) is 15.2 Å². The first kappa shape index (κ1) is 12.6. The van der Waals surface area contributed by atoms with Crippen LogP contribution in [0.1, 0.15) is 43.0 Å². The maximum absolute atomic E-state index is 5.85. The minimum absolute atomic E-state index is 0.681. The van der Waals surface area contributed by atoms with Gasteiger partial charge in [0.25, 0.3) is 0 Å². The topological polar surface area (TPSA) is 42.1 Å². The summed E-state index contributed by atoms with van der Waals surface area (Å²) in [5.74, 6) is 0.681. The van der Waals surface area contributed by atoms with Crippen LogP contribution in [0.3, 0.4) is 0 Å². The fraction of sp³-hybridized carbons (Fsp3) is 0.562. The number of anilines is 1. The Bertz CT molecular complexity index is 609. The quantitative estimate of drug-likeness (QED) is 0.858. The zero-order valence-electron chi connectivity index (χ0n) is 11.7. The van der Waals surface area contributed by atoms with Gasteiger partial charge < -0.3 is 10.6 Å². The smallest absolute Gasteiger partial charge is 0.0970 e. The van der Waals surface area contributed by atoms with Gasteiger partial charge in [0, 0.05) is 17.6 Å². The van der Waals surface area contributed by atoms with Crippen LogP contribution in [-0.4, -0.2) is 29.0 Å². The van der Waals surface area contributed by atoms with Gasteiger partial charge in [-0.15, -0.1) is 11.3 Å². The van der Waals surface area contributed by atoms with E-state index in [0.29, 0.717) is 5.92 Å². The molecule has 0 unspecified atom stereocenters. The zero-order chi connectivity index (χ0) is 13.5. The Morgan fingerprint density at radius 2 is 1.95 bits per heavy atom. The van der Waals surface area contributed by atoms with E-state index < -0.39 is 0 Å². The van der Waals surface area contributed by atoms with Gasteiger partial charge in [-0.2, -0.15) is 0 Å². The largest absolute Gasteiger partial charge is 0.399 e. The number of fused-ring (bicyclic) bond motifs is 1. The Kier molecular flexibility index (Phi) is 3.15. The molecular formula is C16H21N3S. The lowest BCUT2D eigenvalue weighted by molar-refractivity contribution is 0.0888. The highest BCUT2D eigenvalue weighted by atomic mass is 32.1. The molecule has 2 aliphatic rings. The van der Waals surface area contributed by atoms with Crippen molar-refractivity contribution in [3.05, 3.63) is 23.2 Å². The fourth-order valence-corrected chi connectivity index (χ4v) is 4.65. The van der Waals surface area contributed by atoms with E-state index >= 15 is 0 Å². The highest BCUT2D eigenvalue weighted by molar-refractivity contribution is 7.18. The van der Waals surface area contributed by atoms with Crippen LogP contribution in [0, 0.1) is 0 Å². The fourth-order valence-electron chi connectivity index (χ4n) is 3.50. The molecular weight excluding hydrogens is 266 g/mol. The molecule has 1 saturated carbocycles. The molecule has 0 amide bonds. The number of hydrogen-bond donors (Lipinski definition) is 1. The molecule has 0 atom stereocenters. The van der Waals surface area contributed by atoms with Crippen LogP contribution >= 0.6 is 11.3 Å². The predicted molar refractivity (Wildman–Crippen MR) is 85.2 cm³/mol. The standard InChI is InChI=1S/C16H21N3S/c17-12-4-5-14-15(10-12)20-16(18-14)11-8-13(9-11)19-6-2-1-3-7-19/h4-5,10-11,13H,1-3,6-9,17H2. The van der Waals surface area contributed by atoms with E-state index in [0.717, 1.165) is 17.2 Å². The van der Waals surface area contributed by atoms with Crippen LogP contribution in [0.4, 0.5) is 5.69 Å². The molecule has 1 aromatic heterocycles. The zero-order valence-corrected chi connectivity index (χ0v) is 12.5. The van der Waals surface area contributed by atoms with Gasteiger partial charge in [-0.3, -0.25) is 0 Å². The van der Waals surface area contributed by atoms with Crippen molar-refractivity contribution in [2.45, 2.75) is 44.1 Å². The Balaban J connectivity index is 1.46. The van der Waals surface area contributed by atoms with Crippen molar-refractivity contribution in [3.8, 4) is 0 Å². The molecule has 0 spiro atoms. The van der Waals surface area contributed by atoms with E-state index in [2.05, 4.69) is 11.0 Å². The summed E-state index contributed by atoms with van der Waals surface area (Å²) in [5, 5.41) is 1.32. The number of rotatable bonds is 2. The number of nitrogens with two attached hydrogens (primary N) is 1. The second kappa shape index (κ2) is 5.01. The third kappa shape index (κ3) is 2.21. The van der Waals surface area contributed by atoms with Gasteiger partial charge >= 0.3 is 0 Å². The second-order valence-electron chi connectivity index (χ2n) is 6.20. The monoisotopic (exact) mass is 287 g/mol. The highest BCUT2D eigenvalue weighted by Crippen LogP contribution is 2.43. The Hall–Kier alpha value is -1.13. The maximum atomic E-state index is 5.85. The lowest BCUT2D eigenvalue weighted by atomic mass is 9.79. The number of benzene rings is 1. The van der Waals surface area contributed by atoms with Crippen molar-refractivity contribution in [1.29, 1.82) is 0 Å². The van der Waals surface area contributed by atoms with Crippen molar-refractivity contribution < 1.29 is 0 Å². The number of likely N-dealkylation sites (tertiary alicyclic amines) is 1. The molecule has 1 aliphatic heterocycles. The van der Waals surface area contributed by atoms with E-state index in [-0.39, 0.29) is 0 Å². The first-order chi connectivity index (χ1) is 9.79. The number of thiazole rings is 1. The first-order valence-electron chi connectivity index (χ1n) is 7.69. The SMILES string of the molecule is Nc1ccc2nc(C3CC(N4CCCCC4)C3)sc2c1. The molecule has 0 radical (unpaired) electrons. The molecule has 1 aliphatic carbocycles.